The Morgan fingerprint density at radius 1 is 1.58 bits per heavy atom. The van der Waals surface area contributed by atoms with Crippen molar-refractivity contribution >= 4 is 5.91 Å². The average Bonchev–Trinajstić information content (AvgIpc) is 2.92. The molecule has 1 aliphatic rings. The topological polar surface area (TPSA) is 50.4 Å². The first-order valence-electron chi connectivity index (χ1n) is 6.53. The second-order valence-electron chi connectivity index (χ2n) is 4.75. The molecule has 1 unspecified atom stereocenters. The number of methoxy groups -OCH3 is 1. The van der Waals surface area contributed by atoms with Crippen LogP contribution in [-0.4, -0.2) is 32.7 Å². The van der Waals surface area contributed by atoms with E-state index in [-0.39, 0.29) is 11.7 Å². The number of rotatable bonds is 5. The van der Waals surface area contributed by atoms with E-state index in [1.54, 1.807) is 0 Å². The number of hydrogen-bond acceptors (Lipinski definition) is 3. The van der Waals surface area contributed by atoms with Gasteiger partial charge in [0.25, 0.3) is 5.91 Å². The number of carbonyl (C=O) groups excluding carboxylic acids is 1. The normalized spacial score (nSPS) is 18.3. The molecule has 0 aromatic heterocycles. The number of carbonyl (C=O) groups is 1. The van der Waals surface area contributed by atoms with Crippen LogP contribution >= 0.6 is 0 Å². The summed E-state index contributed by atoms with van der Waals surface area (Å²) >= 11 is 0. The molecule has 1 saturated heterocycles. The minimum absolute atomic E-state index is 0.0904. The zero-order valence-electron chi connectivity index (χ0n) is 11.0. The van der Waals surface area contributed by atoms with Gasteiger partial charge in [-0.3, -0.25) is 4.79 Å². The third-order valence-corrected chi connectivity index (χ3v) is 3.41. The summed E-state index contributed by atoms with van der Waals surface area (Å²) in [5, 5.41) is 6.14. The van der Waals surface area contributed by atoms with Gasteiger partial charge in [0.15, 0.2) is 11.6 Å². The van der Waals surface area contributed by atoms with Crippen LogP contribution in [0.15, 0.2) is 18.2 Å². The van der Waals surface area contributed by atoms with Crippen molar-refractivity contribution in [2.75, 3.05) is 26.7 Å². The second kappa shape index (κ2) is 6.52. The van der Waals surface area contributed by atoms with Crippen LogP contribution in [0.25, 0.3) is 0 Å². The molecule has 1 aliphatic heterocycles. The standard InChI is InChI=1S/C14H19FN2O2/c1-19-13-8-11(2-3-12(13)15)14(18)17-7-5-10-4-6-16-9-10/h2-3,8,10,16H,4-7,9H2,1H3,(H,17,18). The van der Waals surface area contributed by atoms with E-state index >= 15 is 0 Å². The van der Waals surface area contributed by atoms with Crippen LogP contribution in [0.5, 0.6) is 5.75 Å². The molecule has 104 valence electrons. The lowest BCUT2D eigenvalue weighted by atomic mass is 10.1. The summed E-state index contributed by atoms with van der Waals surface area (Å²) in [7, 11) is 1.38. The van der Waals surface area contributed by atoms with E-state index in [4.69, 9.17) is 4.74 Å². The summed E-state index contributed by atoms with van der Waals surface area (Å²) in [6, 6.07) is 4.13. The molecule has 1 atom stereocenters. The van der Waals surface area contributed by atoms with E-state index in [1.807, 2.05) is 0 Å². The highest BCUT2D eigenvalue weighted by Crippen LogP contribution is 2.18. The first-order chi connectivity index (χ1) is 9.20. The fraction of sp³-hybridized carbons (Fsp3) is 0.500. The molecule has 0 radical (unpaired) electrons. The van der Waals surface area contributed by atoms with Gasteiger partial charge in [-0.2, -0.15) is 0 Å². The van der Waals surface area contributed by atoms with Gasteiger partial charge in [-0.25, -0.2) is 4.39 Å². The molecule has 5 heteroatoms. The molecule has 0 bridgehead atoms. The predicted octanol–water partition coefficient (Wildman–Crippen LogP) is 1.56. The van der Waals surface area contributed by atoms with Crippen molar-refractivity contribution in [1.82, 2.24) is 10.6 Å². The number of halogens is 1. The van der Waals surface area contributed by atoms with E-state index in [0.717, 1.165) is 19.5 Å². The number of nitrogens with one attached hydrogen (secondary N) is 2. The Morgan fingerprint density at radius 2 is 2.42 bits per heavy atom. The zero-order chi connectivity index (χ0) is 13.7. The van der Waals surface area contributed by atoms with Crippen LogP contribution in [-0.2, 0) is 0 Å². The molecule has 4 nitrogen and oxygen atoms in total. The van der Waals surface area contributed by atoms with Crippen molar-refractivity contribution in [2.45, 2.75) is 12.8 Å². The average molecular weight is 266 g/mol. The zero-order valence-corrected chi connectivity index (χ0v) is 11.0. The monoisotopic (exact) mass is 266 g/mol. The fourth-order valence-electron chi connectivity index (χ4n) is 2.25. The molecule has 0 aliphatic carbocycles. The molecule has 2 rings (SSSR count). The Labute approximate surface area is 112 Å². The summed E-state index contributed by atoms with van der Waals surface area (Å²) in [5.41, 5.74) is 0.419. The van der Waals surface area contributed by atoms with Crippen LogP contribution in [0, 0.1) is 11.7 Å². The lowest BCUT2D eigenvalue weighted by molar-refractivity contribution is 0.0951. The Kier molecular flexibility index (Phi) is 4.74. The van der Waals surface area contributed by atoms with E-state index in [0.29, 0.717) is 18.0 Å². The Morgan fingerprint density at radius 3 is 3.11 bits per heavy atom. The molecule has 1 fully saturated rings. The van der Waals surface area contributed by atoms with Gasteiger partial charge in [0.1, 0.15) is 0 Å². The molecule has 1 amide bonds. The quantitative estimate of drug-likeness (QED) is 0.850. The highest BCUT2D eigenvalue weighted by atomic mass is 19.1. The molecule has 0 saturated carbocycles. The fourth-order valence-corrected chi connectivity index (χ4v) is 2.25. The van der Waals surface area contributed by atoms with Gasteiger partial charge in [0, 0.05) is 12.1 Å². The third-order valence-electron chi connectivity index (χ3n) is 3.41. The Hall–Kier alpha value is -1.62. The molecular formula is C14H19FN2O2. The van der Waals surface area contributed by atoms with Crippen LogP contribution in [0.3, 0.4) is 0 Å². The van der Waals surface area contributed by atoms with Crippen molar-refractivity contribution in [3.8, 4) is 5.75 Å². The van der Waals surface area contributed by atoms with Crippen LogP contribution in [0.4, 0.5) is 4.39 Å². The molecule has 19 heavy (non-hydrogen) atoms. The van der Waals surface area contributed by atoms with Gasteiger partial charge >= 0.3 is 0 Å². The maximum atomic E-state index is 13.2. The Bertz CT molecular complexity index is 445. The summed E-state index contributed by atoms with van der Waals surface area (Å²) in [6.07, 6.45) is 2.14. The van der Waals surface area contributed by atoms with Crippen molar-refractivity contribution in [2.24, 2.45) is 5.92 Å². The third kappa shape index (κ3) is 3.67. The number of benzene rings is 1. The first kappa shape index (κ1) is 13.8. The molecule has 0 spiro atoms. The molecule has 1 aromatic carbocycles. The van der Waals surface area contributed by atoms with Gasteiger partial charge in [0.2, 0.25) is 0 Å². The van der Waals surface area contributed by atoms with Crippen molar-refractivity contribution < 1.29 is 13.9 Å². The smallest absolute Gasteiger partial charge is 0.251 e. The minimum atomic E-state index is -0.462. The van der Waals surface area contributed by atoms with Gasteiger partial charge in [-0.05, 0) is 50.0 Å². The van der Waals surface area contributed by atoms with Crippen LogP contribution in [0.2, 0.25) is 0 Å². The molecule has 2 N–H and O–H groups in total. The Balaban J connectivity index is 1.85. The lowest BCUT2D eigenvalue weighted by Crippen LogP contribution is -2.26. The molecular weight excluding hydrogens is 247 g/mol. The SMILES string of the molecule is COc1cc(C(=O)NCCC2CCNC2)ccc1F. The number of hydrogen-bond donors (Lipinski definition) is 2. The van der Waals surface area contributed by atoms with Crippen LogP contribution < -0.4 is 15.4 Å². The van der Waals surface area contributed by atoms with Gasteiger partial charge in [-0.15, -0.1) is 0 Å². The highest BCUT2D eigenvalue weighted by Gasteiger charge is 2.15. The highest BCUT2D eigenvalue weighted by molar-refractivity contribution is 5.94. The summed E-state index contributed by atoms with van der Waals surface area (Å²) in [4.78, 5) is 11.9. The predicted molar refractivity (Wildman–Crippen MR) is 70.9 cm³/mol. The van der Waals surface area contributed by atoms with E-state index in [9.17, 15) is 9.18 Å². The number of amides is 1. The van der Waals surface area contributed by atoms with Gasteiger partial charge < -0.3 is 15.4 Å². The van der Waals surface area contributed by atoms with E-state index in [2.05, 4.69) is 10.6 Å². The summed E-state index contributed by atoms with van der Waals surface area (Å²) in [6.45, 7) is 2.74. The molecule has 1 aromatic rings. The van der Waals surface area contributed by atoms with Crippen molar-refractivity contribution in [3.05, 3.63) is 29.6 Å². The summed E-state index contributed by atoms with van der Waals surface area (Å²) in [5.74, 6) is 0.0797. The van der Waals surface area contributed by atoms with E-state index < -0.39 is 5.82 Å². The maximum Gasteiger partial charge on any atom is 0.251 e. The van der Waals surface area contributed by atoms with Gasteiger partial charge in [-0.1, -0.05) is 0 Å². The maximum absolute atomic E-state index is 13.2. The van der Waals surface area contributed by atoms with E-state index in [1.165, 1.54) is 31.7 Å². The minimum Gasteiger partial charge on any atom is -0.494 e. The van der Waals surface area contributed by atoms with Crippen molar-refractivity contribution in [1.29, 1.82) is 0 Å². The number of ether oxygens (including phenoxy) is 1. The van der Waals surface area contributed by atoms with Crippen molar-refractivity contribution in [3.63, 3.8) is 0 Å². The van der Waals surface area contributed by atoms with Gasteiger partial charge in [0.05, 0.1) is 7.11 Å². The molecule has 1 heterocycles. The van der Waals surface area contributed by atoms with Crippen LogP contribution in [0.1, 0.15) is 23.2 Å². The second-order valence-corrected chi connectivity index (χ2v) is 4.75. The lowest BCUT2D eigenvalue weighted by Gasteiger charge is -2.10. The largest absolute Gasteiger partial charge is 0.494 e. The summed E-state index contributed by atoms with van der Waals surface area (Å²) < 4.78 is 18.1. The first-order valence-corrected chi connectivity index (χ1v) is 6.53.